The van der Waals surface area contributed by atoms with Crippen molar-refractivity contribution in [3.63, 3.8) is 0 Å². The monoisotopic (exact) mass is 205 g/mol. The first-order valence-corrected chi connectivity index (χ1v) is 4.69. The van der Waals surface area contributed by atoms with Crippen LogP contribution in [0, 0.1) is 0 Å². The molecule has 0 rings (SSSR count). The highest BCUT2D eigenvalue weighted by Crippen LogP contribution is 2.19. The molecule has 1 atom stereocenters. The van der Waals surface area contributed by atoms with Gasteiger partial charge < -0.3 is 10.5 Å². The van der Waals surface area contributed by atoms with Gasteiger partial charge in [0.25, 0.3) is 0 Å². The van der Waals surface area contributed by atoms with E-state index in [2.05, 4.69) is 12.6 Å². The summed E-state index contributed by atoms with van der Waals surface area (Å²) in [5, 5.41) is 0. The van der Waals surface area contributed by atoms with E-state index >= 15 is 0 Å². The predicted molar refractivity (Wildman–Crippen MR) is 56.9 cm³/mol. The van der Waals surface area contributed by atoms with Crippen LogP contribution >= 0.6 is 12.6 Å². The molecule has 0 aromatic carbocycles. The molecule has 0 bridgehead atoms. The van der Waals surface area contributed by atoms with Crippen LogP contribution in [0.1, 0.15) is 34.6 Å². The van der Waals surface area contributed by atoms with Crippen molar-refractivity contribution in [1.82, 2.24) is 0 Å². The highest BCUT2D eigenvalue weighted by atomic mass is 32.1. The number of ether oxygens (including phenoxy) is 1. The lowest BCUT2D eigenvalue weighted by atomic mass is 10.0. The average molecular weight is 205 g/mol. The zero-order valence-corrected chi connectivity index (χ0v) is 9.81. The zero-order chi connectivity index (χ0) is 10.9. The van der Waals surface area contributed by atoms with Crippen molar-refractivity contribution in [2.24, 2.45) is 5.73 Å². The van der Waals surface area contributed by atoms with E-state index in [0.717, 1.165) is 0 Å². The molecule has 0 aliphatic rings. The van der Waals surface area contributed by atoms with Crippen LogP contribution in [0.15, 0.2) is 0 Å². The van der Waals surface area contributed by atoms with Crippen molar-refractivity contribution < 1.29 is 9.53 Å². The highest BCUT2D eigenvalue weighted by Gasteiger charge is 2.32. The summed E-state index contributed by atoms with van der Waals surface area (Å²) in [4.78, 5) is 11.4. The van der Waals surface area contributed by atoms with Crippen LogP contribution in [0.25, 0.3) is 0 Å². The van der Waals surface area contributed by atoms with Gasteiger partial charge in [-0.2, -0.15) is 12.6 Å². The summed E-state index contributed by atoms with van der Waals surface area (Å²) in [5.74, 6) is -0.410. The highest BCUT2D eigenvalue weighted by molar-refractivity contribution is 7.81. The number of rotatable bonds is 2. The summed E-state index contributed by atoms with van der Waals surface area (Å²) < 4.78 is 4.56. The molecule has 0 radical (unpaired) electrons. The first-order valence-electron chi connectivity index (χ1n) is 4.25. The second kappa shape index (κ2) is 3.88. The molecule has 78 valence electrons. The quantitative estimate of drug-likeness (QED) is 0.529. The number of esters is 1. The maximum Gasteiger partial charge on any atom is 0.324 e. The Morgan fingerprint density at radius 1 is 1.31 bits per heavy atom. The molecule has 0 saturated carbocycles. The van der Waals surface area contributed by atoms with Crippen molar-refractivity contribution in [2.45, 2.75) is 51.0 Å². The Morgan fingerprint density at radius 3 is 1.92 bits per heavy atom. The summed E-state index contributed by atoms with van der Waals surface area (Å²) in [5.41, 5.74) is 5.16. The lowest BCUT2D eigenvalue weighted by molar-refractivity contribution is -0.157. The van der Waals surface area contributed by atoms with E-state index in [0.29, 0.717) is 0 Å². The fourth-order valence-electron chi connectivity index (χ4n) is 0.654. The molecule has 0 unspecified atom stereocenters. The summed E-state index contributed by atoms with van der Waals surface area (Å²) in [6.45, 7) is 8.99. The third-order valence-corrected chi connectivity index (χ3v) is 1.70. The van der Waals surface area contributed by atoms with E-state index in [-0.39, 0.29) is 0 Å². The van der Waals surface area contributed by atoms with Crippen molar-refractivity contribution in [1.29, 1.82) is 0 Å². The van der Waals surface area contributed by atoms with Gasteiger partial charge in [-0.1, -0.05) is 0 Å². The lowest BCUT2D eigenvalue weighted by Crippen LogP contribution is -2.48. The minimum atomic E-state index is -0.699. The largest absolute Gasteiger partial charge is 0.459 e. The van der Waals surface area contributed by atoms with Gasteiger partial charge in [0.05, 0.1) is 0 Å². The molecular formula is C9H19NO2S. The molecule has 3 nitrogen and oxygen atoms in total. The Labute approximate surface area is 85.4 Å². The second-order valence-corrected chi connectivity index (χ2v) is 5.82. The van der Waals surface area contributed by atoms with Crippen molar-refractivity contribution in [3.8, 4) is 0 Å². The van der Waals surface area contributed by atoms with Gasteiger partial charge in [0.1, 0.15) is 11.6 Å². The molecule has 0 heterocycles. The molecular weight excluding hydrogens is 186 g/mol. The molecule has 0 aliphatic carbocycles. The Bertz CT molecular complexity index is 191. The molecule has 0 aromatic rings. The molecule has 0 spiro atoms. The molecule has 0 amide bonds. The van der Waals surface area contributed by atoms with E-state index in [1.807, 2.05) is 20.8 Å². The van der Waals surface area contributed by atoms with Gasteiger partial charge in [-0.15, -0.1) is 0 Å². The van der Waals surface area contributed by atoms with Crippen molar-refractivity contribution in [2.75, 3.05) is 0 Å². The second-order valence-electron chi connectivity index (χ2n) is 4.66. The Morgan fingerprint density at radius 2 is 1.69 bits per heavy atom. The van der Waals surface area contributed by atoms with Gasteiger partial charge in [-0.05, 0) is 34.6 Å². The molecule has 0 aromatic heterocycles. The maximum absolute atomic E-state index is 11.4. The van der Waals surface area contributed by atoms with Gasteiger partial charge in [0, 0.05) is 4.75 Å². The number of hydrogen-bond acceptors (Lipinski definition) is 4. The van der Waals surface area contributed by atoms with Crippen LogP contribution in [0.2, 0.25) is 0 Å². The third-order valence-electron chi connectivity index (χ3n) is 1.42. The van der Waals surface area contributed by atoms with Crippen LogP contribution in [0.5, 0.6) is 0 Å². The molecule has 4 heteroatoms. The Kier molecular flexibility index (Phi) is 3.82. The van der Waals surface area contributed by atoms with Crippen LogP contribution < -0.4 is 5.73 Å². The van der Waals surface area contributed by atoms with E-state index in [4.69, 9.17) is 10.5 Å². The summed E-state index contributed by atoms with van der Waals surface area (Å²) in [6, 6.07) is -0.699. The summed E-state index contributed by atoms with van der Waals surface area (Å²) in [6.07, 6.45) is 0. The maximum atomic E-state index is 11.4. The van der Waals surface area contributed by atoms with E-state index in [1.54, 1.807) is 13.8 Å². The average Bonchev–Trinajstić information content (AvgIpc) is 1.79. The standard InChI is InChI=1S/C9H19NO2S/c1-8(2,3)12-7(11)6(10)9(4,5)13/h6,13H,10H2,1-5H3/t6-/m0/s1. The minimum Gasteiger partial charge on any atom is -0.459 e. The number of hydrogen-bond donors (Lipinski definition) is 2. The SMILES string of the molecule is CC(C)(C)OC(=O)[C@H](N)C(C)(C)S. The van der Waals surface area contributed by atoms with E-state index in [9.17, 15) is 4.79 Å². The van der Waals surface area contributed by atoms with Gasteiger partial charge >= 0.3 is 5.97 Å². The molecule has 0 fully saturated rings. The minimum absolute atomic E-state index is 0.410. The molecule has 2 N–H and O–H groups in total. The van der Waals surface area contributed by atoms with Crippen molar-refractivity contribution in [3.05, 3.63) is 0 Å². The summed E-state index contributed by atoms with van der Waals surface area (Å²) >= 11 is 4.21. The molecule has 0 saturated heterocycles. The van der Waals surface area contributed by atoms with E-state index < -0.39 is 22.4 Å². The normalized spacial score (nSPS) is 15.3. The number of carbonyl (C=O) groups is 1. The Hall–Kier alpha value is -0.220. The first-order chi connectivity index (χ1) is 5.54. The van der Waals surface area contributed by atoms with Gasteiger partial charge in [0.2, 0.25) is 0 Å². The zero-order valence-electron chi connectivity index (χ0n) is 8.92. The number of thiol groups is 1. The Balaban J connectivity index is 4.30. The fourth-order valence-corrected chi connectivity index (χ4v) is 0.759. The van der Waals surface area contributed by atoms with E-state index in [1.165, 1.54) is 0 Å². The van der Waals surface area contributed by atoms with Gasteiger partial charge in [-0.3, -0.25) is 4.79 Å². The van der Waals surface area contributed by atoms with Gasteiger partial charge in [-0.25, -0.2) is 0 Å². The third kappa shape index (κ3) is 5.16. The topological polar surface area (TPSA) is 52.3 Å². The van der Waals surface area contributed by atoms with Crippen LogP contribution in [-0.4, -0.2) is 22.4 Å². The number of nitrogens with two attached hydrogens (primary N) is 1. The van der Waals surface area contributed by atoms with Crippen LogP contribution in [-0.2, 0) is 9.53 Å². The lowest BCUT2D eigenvalue weighted by Gasteiger charge is -2.28. The van der Waals surface area contributed by atoms with Gasteiger partial charge in [0.15, 0.2) is 0 Å². The smallest absolute Gasteiger partial charge is 0.324 e. The number of carbonyl (C=O) groups excluding carboxylic acids is 1. The van der Waals surface area contributed by atoms with Crippen molar-refractivity contribution >= 4 is 18.6 Å². The van der Waals surface area contributed by atoms with Crippen LogP contribution in [0.4, 0.5) is 0 Å². The molecule has 13 heavy (non-hydrogen) atoms. The summed E-state index contributed by atoms with van der Waals surface area (Å²) in [7, 11) is 0. The first kappa shape index (κ1) is 12.8. The van der Waals surface area contributed by atoms with Crippen LogP contribution in [0.3, 0.4) is 0 Å². The predicted octanol–water partition coefficient (Wildman–Crippen LogP) is 1.36. The molecule has 0 aliphatic heterocycles. The fraction of sp³-hybridized carbons (Fsp3) is 0.889.